The molecule has 0 spiro atoms. The van der Waals surface area contributed by atoms with E-state index in [0.717, 1.165) is 5.56 Å². The second-order valence-corrected chi connectivity index (χ2v) is 3.68. The molecule has 0 saturated heterocycles. The number of pyridine rings is 1. The topological polar surface area (TPSA) is 39.2 Å². The van der Waals surface area contributed by atoms with Gasteiger partial charge in [0.2, 0.25) is 0 Å². The lowest BCUT2D eigenvalue weighted by atomic mass is 10.2. The second-order valence-electron chi connectivity index (χ2n) is 3.08. The molecule has 0 atom stereocenters. The Kier molecular flexibility index (Phi) is 4.31. The third-order valence-electron chi connectivity index (χ3n) is 1.84. The molecule has 0 aliphatic carbocycles. The molecule has 1 heterocycles. The summed E-state index contributed by atoms with van der Waals surface area (Å²) in [5, 5.41) is 0.603. The monoisotopic (exact) mass is 225 g/mol. The van der Waals surface area contributed by atoms with Crippen LogP contribution in [0.5, 0.6) is 0 Å². The van der Waals surface area contributed by atoms with Crippen molar-refractivity contribution in [3.8, 4) is 0 Å². The summed E-state index contributed by atoms with van der Waals surface area (Å²) in [7, 11) is 0. The van der Waals surface area contributed by atoms with E-state index in [1.807, 2.05) is 6.92 Å². The van der Waals surface area contributed by atoms with Crippen LogP contribution in [-0.2, 0) is 4.74 Å². The number of hydrogen-bond donors (Lipinski definition) is 0. The number of hydrogen-bond acceptors (Lipinski definition) is 3. The van der Waals surface area contributed by atoms with Crippen LogP contribution in [0.15, 0.2) is 29.6 Å². The summed E-state index contributed by atoms with van der Waals surface area (Å²) in [5.74, 6) is -0.380. The molecule has 0 radical (unpaired) electrons. The van der Waals surface area contributed by atoms with E-state index >= 15 is 0 Å². The average Bonchev–Trinajstić information content (AvgIpc) is 2.17. The first kappa shape index (κ1) is 11.7. The van der Waals surface area contributed by atoms with E-state index in [0.29, 0.717) is 10.6 Å². The lowest BCUT2D eigenvalue weighted by Gasteiger charge is -2.03. The van der Waals surface area contributed by atoms with E-state index in [1.165, 1.54) is 6.20 Å². The van der Waals surface area contributed by atoms with Crippen molar-refractivity contribution in [1.82, 2.24) is 4.98 Å². The lowest BCUT2D eigenvalue weighted by molar-refractivity contribution is 0.0548. The average molecular weight is 226 g/mol. The molecular formula is C11H12ClNO2. The Morgan fingerprint density at radius 2 is 2.40 bits per heavy atom. The normalized spacial score (nSPS) is 11.3. The zero-order chi connectivity index (χ0) is 11.3. The number of allylic oxidation sites excluding steroid dienone is 1. The van der Waals surface area contributed by atoms with Crippen molar-refractivity contribution in [1.29, 1.82) is 0 Å². The quantitative estimate of drug-likeness (QED) is 0.743. The van der Waals surface area contributed by atoms with Crippen LogP contribution in [0.4, 0.5) is 0 Å². The maximum absolute atomic E-state index is 11.5. The van der Waals surface area contributed by atoms with Crippen LogP contribution >= 0.6 is 11.6 Å². The summed E-state index contributed by atoms with van der Waals surface area (Å²) in [6.07, 6.45) is 4.76. The maximum Gasteiger partial charge on any atom is 0.340 e. The van der Waals surface area contributed by atoms with Gasteiger partial charge in [-0.25, -0.2) is 4.79 Å². The first-order valence-corrected chi connectivity index (χ1v) is 4.89. The van der Waals surface area contributed by atoms with Gasteiger partial charge in [0, 0.05) is 17.4 Å². The molecule has 15 heavy (non-hydrogen) atoms. The predicted molar refractivity (Wildman–Crippen MR) is 58.9 cm³/mol. The molecular weight excluding hydrogens is 214 g/mol. The summed E-state index contributed by atoms with van der Waals surface area (Å²) < 4.78 is 4.98. The molecule has 0 fully saturated rings. The third-order valence-corrected chi connectivity index (χ3v) is 1.99. The summed E-state index contributed by atoms with van der Waals surface area (Å²) in [6, 6.07) is 1.76. The van der Waals surface area contributed by atoms with Gasteiger partial charge in [0.05, 0.1) is 5.56 Å². The summed E-state index contributed by atoms with van der Waals surface area (Å²) >= 11 is 5.60. The van der Waals surface area contributed by atoms with Gasteiger partial charge in [0.15, 0.2) is 0 Å². The first-order valence-electron chi connectivity index (χ1n) is 4.51. The third kappa shape index (κ3) is 3.72. The Morgan fingerprint density at radius 3 is 3.00 bits per heavy atom. The standard InChI is InChI=1S/C11H12ClNO2/c1-8-3-5-13-7-10(8)11(14)15-6-4-9(2)12/h3-5,7H,6H2,1-2H3/b9-4-. The highest BCUT2D eigenvalue weighted by atomic mass is 35.5. The predicted octanol–water partition coefficient (Wildman–Crippen LogP) is 2.69. The summed E-state index contributed by atoms with van der Waals surface area (Å²) in [6.45, 7) is 3.74. The Morgan fingerprint density at radius 1 is 1.67 bits per heavy atom. The van der Waals surface area contributed by atoms with Crippen molar-refractivity contribution in [3.63, 3.8) is 0 Å². The maximum atomic E-state index is 11.5. The van der Waals surface area contributed by atoms with Gasteiger partial charge in [-0.15, -0.1) is 0 Å². The van der Waals surface area contributed by atoms with Crippen LogP contribution < -0.4 is 0 Å². The zero-order valence-electron chi connectivity index (χ0n) is 8.66. The van der Waals surface area contributed by atoms with Crippen LogP contribution in [0.2, 0.25) is 0 Å². The van der Waals surface area contributed by atoms with E-state index in [4.69, 9.17) is 16.3 Å². The van der Waals surface area contributed by atoms with E-state index in [1.54, 1.807) is 25.3 Å². The molecule has 1 aromatic heterocycles. The van der Waals surface area contributed by atoms with Gasteiger partial charge in [-0.2, -0.15) is 0 Å². The molecule has 0 bridgehead atoms. The molecule has 3 nitrogen and oxygen atoms in total. The number of esters is 1. The molecule has 0 aliphatic rings. The minimum Gasteiger partial charge on any atom is -0.458 e. The Balaban J connectivity index is 2.62. The van der Waals surface area contributed by atoms with E-state index in [-0.39, 0.29) is 12.6 Å². The molecule has 4 heteroatoms. The van der Waals surface area contributed by atoms with Crippen molar-refractivity contribution in [2.75, 3.05) is 6.61 Å². The van der Waals surface area contributed by atoms with E-state index in [9.17, 15) is 4.79 Å². The number of carbonyl (C=O) groups is 1. The Labute approximate surface area is 93.7 Å². The molecule has 0 saturated carbocycles. The molecule has 80 valence electrons. The van der Waals surface area contributed by atoms with Gasteiger partial charge in [-0.3, -0.25) is 4.98 Å². The van der Waals surface area contributed by atoms with Crippen LogP contribution in [0.25, 0.3) is 0 Å². The smallest absolute Gasteiger partial charge is 0.340 e. The highest BCUT2D eigenvalue weighted by Gasteiger charge is 2.08. The summed E-state index contributed by atoms with van der Waals surface area (Å²) in [5.41, 5.74) is 1.33. The van der Waals surface area contributed by atoms with Crippen LogP contribution in [0.3, 0.4) is 0 Å². The van der Waals surface area contributed by atoms with Crippen molar-refractivity contribution in [2.24, 2.45) is 0 Å². The molecule has 1 rings (SSSR count). The zero-order valence-corrected chi connectivity index (χ0v) is 9.41. The van der Waals surface area contributed by atoms with Gasteiger partial charge in [-0.1, -0.05) is 11.6 Å². The fraction of sp³-hybridized carbons (Fsp3) is 0.273. The highest BCUT2D eigenvalue weighted by Crippen LogP contribution is 2.07. The highest BCUT2D eigenvalue weighted by molar-refractivity contribution is 6.29. The van der Waals surface area contributed by atoms with Gasteiger partial charge < -0.3 is 4.74 Å². The van der Waals surface area contributed by atoms with Crippen molar-refractivity contribution >= 4 is 17.6 Å². The number of nitrogens with zero attached hydrogens (tertiary/aromatic N) is 1. The SMILES string of the molecule is C/C(Cl)=C/COC(=O)c1cnccc1C. The van der Waals surface area contributed by atoms with E-state index < -0.39 is 0 Å². The molecule has 0 aliphatic heterocycles. The molecule has 0 N–H and O–H groups in total. The van der Waals surface area contributed by atoms with Crippen molar-refractivity contribution in [2.45, 2.75) is 13.8 Å². The first-order chi connectivity index (χ1) is 7.11. The summed E-state index contributed by atoms with van der Waals surface area (Å²) in [4.78, 5) is 15.4. The fourth-order valence-electron chi connectivity index (χ4n) is 0.988. The number of halogens is 1. The van der Waals surface area contributed by atoms with Crippen molar-refractivity contribution in [3.05, 3.63) is 40.7 Å². The van der Waals surface area contributed by atoms with Gasteiger partial charge in [0.1, 0.15) is 6.61 Å². The number of carbonyl (C=O) groups excluding carboxylic acids is 1. The number of rotatable bonds is 3. The second kappa shape index (κ2) is 5.51. The molecule has 0 aromatic carbocycles. The number of aromatic nitrogens is 1. The Hall–Kier alpha value is -1.35. The minimum absolute atomic E-state index is 0.183. The van der Waals surface area contributed by atoms with Crippen molar-refractivity contribution < 1.29 is 9.53 Å². The lowest BCUT2D eigenvalue weighted by Crippen LogP contribution is -2.07. The Bertz CT molecular complexity index is 384. The van der Waals surface area contributed by atoms with Gasteiger partial charge in [-0.05, 0) is 31.6 Å². The largest absolute Gasteiger partial charge is 0.458 e. The van der Waals surface area contributed by atoms with E-state index in [2.05, 4.69) is 4.98 Å². The van der Waals surface area contributed by atoms with Crippen LogP contribution in [0, 0.1) is 6.92 Å². The van der Waals surface area contributed by atoms with Crippen LogP contribution in [0.1, 0.15) is 22.8 Å². The fourth-order valence-corrected chi connectivity index (χ4v) is 1.05. The molecule has 0 unspecified atom stereocenters. The number of ether oxygens (including phenoxy) is 1. The van der Waals surface area contributed by atoms with Crippen LogP contribution in [-0.4, -0.2) is 17.6 Å². The molecule has 1 aromatic rings. The number of aryl methyl sites for hydroxylation is 1. The minimum atomic E-state index is -0.380. The molecule has 0 amide bonds. The van der Waals surface area contributed by atoms with Gasteiger partial charge >= 0.3 is 5.97 Å². The van der Waals surface area contributed by atoms with Gasteiger partial charge in [0.25, 0.3) is 0 Å².